The highest BCUT2D eigenvalue weighted by atomic mass is 35.5. The Kier molecular flexibility index (Phi) is 4.77. The van der Waals surface area contributed by atoms with Gasteiger partial charge in [0.2, 0.25) is 0 Å². The maximum absolute atomic E-state index is 5.53. The van der Waals surface area contributed by atoms with Gasteiger partial charge in [-0.05, 0) is 11.6 Å². The summed E-state index contributed by atoms with van der Waals surface area (Å²) in [6.45, 7) is 0.750. The van der Waals surface area contributed by atoms with Crippen molar-refractivity contribution in [1.82, 2.24) is 5.01 Å². The van der Waals surface area contributed by atoms with Crippen molar-refractivity contribution in [1.29, 1.82) is 0 Å². The minimum Gasteiger partial charge on any atom is -0.296 e. The summed E-state index contributed by atoms with van der Waals surface area (Å²) in [5.41, 5.74) is 2.20. The molecule has 0 atom stereocenters. The lowest BCUT2D eigenvalue weighted by Gasteiger charge is -2.18. The van der Waals surface area contributed by atoms with Crippen LogP contribution in [0.5, 0.6) is 0 Å². The lowest BCUT2D eigenvalue weighted by atomic mass is 10.1. The molecule has 0 fully saturated rings. The fraction of sp³-hybridized carbons (Fsp3) is 0.125. The number of hydrazine groups is 1. The predicted octanol–water partition coefficient (Wildman–Crippen LogP) is 1.88. The first-order valence-electron chi connectivity index (χ1n) is 3.50. The fourth-order valence-electron chi connectivity index (χ4n) is 1.14. The third kappa shape index (κ3) is 2.59. The zero-order chi connectivity index (χ0) is 7.68. The number of aliphatic imine (C=N–C) groups is 1. The zero-order valence-electron chi connectivity index (χ0n) is 6.88. The first-order valence-corrected chi connectivity index (χ1v) is 3.50. The third-order valence-corrected chi connectivity index (χ3v) is 1.69. The fourth-order valence-corrected chi connectivity index (χ4v) is 1.14. The van der Waals surface area contributed by atoms with E-state index in [1.165, 1.54) is 5.56 Å². The topological polar surface area (TPSA) is 41.6 Å². The minimum absolute atomic E-state index is 0. The van der Waals surface area contributed by atoms with Gasteiger partial charge in [-0.3, -0.25) is 5.01 Å². The number of rotatable bonds is 0. The van der Waals surface area contributed by atoms with E-state index in [4.69, 9.17) is 5.84 Å². The van der Waals surface area contributed by atoms with Gasteiger partial charge in [-0.25, -0.2) is 10.8 Å². The molecule has 1 aliphatic rings. The van der Waals surface area contributed by atoms with E-state index in [1.54, 1.807) is 11.3 Å². The summed E-state index contributed by atoms with van der Waals surface area (Å²) in [4.78, 5) is 4.15. The second-order valence-electron chi connectivity index (χ2n) is 2.55. The van der Waals surface area contributed by atoms with E-state index in [9.17, 15) is 0 Å². The van der Waals surface area contributed by atoms with Gasteiger partial charge in [0.15, 0.2) is 0 Å². The van der Waals surface area contributed by atoms with Gasteiger partial charge in [-0.15, -0.1) is 24.8 Å². The smallest absolute Gasteiger partial charge is 0.106 e. The number of fused-ring (bicyclic) bond motifs is 1. The molecule has 0 unspecified atom stereocenters. The van der Waals surface area contributed by atoms with E-state index in [0.717, 1.165) is 12.2 Å². The highest BCUT2D eigenvalue weighted by Crippen LogP contribution is 2.21. The van der Waals surface area contributed by atoms with Gasteiger partial charge < -0.3 is 0 Å². The van der Waals surface area contributed by atoms with Crippen molar-refractivity contribution in [3.05, 3.63) is 29.8 Å². The molecule has 0 saturated heterocycles. The largest absolute Gasteiger partial charge is 0.296 e. The van der Waals surface area contributed by atoms with Crippen molar-refractivity contribution >= 4 is 36.8 Å². The maximum Gasteiger partial charge on any atom is 0.106 e. The number of hydrogen-bond donors (Lipinski definition) is 1. The van der Waals surface area contributed by atoms with Gasteiger partial charge in [0.05, 0.1) is 12.2 Å². The van der Waals surface area contributed by atoms with E-state index in [2.05, 4.69) is 4.99 Å². The molecule has 1 aromatic rings. The zero-order valence-corrected chi connectivity index (χ0v) is 8.52. The van der Waals surface area contributed by atoms with E-state index < -0.39 is 0 Å². The van der Waals surface area contributed by atoms with Crippen molar-refractivity contribution < 1.29 is 0 Å². The number of nitrogens with two attached hydrogens (primary N) is 1. The molecule has 2 N–H and O–H groups in total. The third-order valence-electron chi connectivity index (χ3n) is 1.69. The number of nitrogens with zero attached hydrogens (tertiary/aromatic N) is 2. The number of para-hydroxylation sites is 1. The Morgan fingerprint density at radius 2 is 1.92 bits per heavy atom. The molecular weight excluding hydrogens is 209 g/mol. The molecule has 0 bridgehead atoms. The molecule has 0 spiro atoms. The molecule has 0 aliphatic carbocycles. The predicted molar refractivity (Wildman–Crippen MR) is 58.8 cm³/mol. The molecule has 0 aromatic heterocycles. The van der Waals surface area contributed by atoms with Gasteiger partial charge >= 0.3 is 0 Å². The van der Waals surface area contributed by atoms with Crippen molar-refractivity contribution in [2.45, 2.75) is 6.54 Å². The van der Waals surface area contributed by atoms with Crippen LogP contribution in [0.25, 0.3) is 0 Å². The van der Waals surface area contributed by atoms with Gasteiger partial charge in [0, 0.05) is 0 Å². The Morgan fingerprint density at radius 3 is 2.69 bits per heavy atom. The molecule has 3 nitrogen and oxygen atoms in total. The molecule has 0 amide bonds. The molecule has 5 heteroatoms. The molecule has 1 aliphatic heterocycles. The van der Waals surface area contributed by atoms with Crippen molar-refractivity contribution in [2.24, 2.45) is 10.8 Å². The highest BCUT2D eigenvalue weighted by molar-refractivity contribution is 5.85. The summed E-state index contributed by atoms with van der Waals surface area (Å²) >= 11 is 0. The molecule has 1 heterocycles. The molecule has 2 rings (SSSR count). The van der Waals surface area contributed by atoms with Crippen LogP contribution in [0.3, 0.4) is 0 Å². The summed E-state index contributed by atoms with van der Waals surface area (Å²) in [7, 11) is 0. The molecule has 1 aromatic carbocycles. The maximum atomic E-state index is 5.53. The summed E-state index contributed by atoms with van der Waals surface area (Å²) in [5, 5.41) is 1.57. The van der Waals surface area contributed by atoms with Crippen molar-refractivity contribution in [3.63, 3.8) is 0 Å². The van der Waals surface area contributed by atoms with E-state index in [-0.39, 0.29) is 24.8 Å². The Hall–Kier alpha value is -0.770. The quantitative estimate of drug-likeness (QED) is 0.678. The average Bonchev–Trinajstić information content (AvgIpc) is 2.04. The normalized spacial score (nSPS) is 12.5. The highest BCUT2D eigenvalue weighted by Gasteiger charge is 2.06. The van der Waals surface area contributed by atoms with Gasteiger partial charge in [0.25, 0.3) is 0 Å². The van der Waals surface area contributed by atoms with Crippen molar-refractivity contribution in [2.75, 3.05) is 0 Å². The van der Waals surface area contributed by atoms with Crippen LogP contribution in [0.15, 0.2) is 29.3 Å². The van der Waals surface area contributed by atoms with Crippen LogP contribution in [0, 0.1) is 0 Å². The standard InChI is InChI=1S/C8H9N3.2ClH/c9-11-5-7-3-1-2-4-8(7)10-6-11;;/h1-4,6H,5,9H2;2*1H. The minimum atomic E-state index is 0. The van der Waals surface area contributed by atoms with Gasteiger partial charge in [-0.1, -0.05) is 18.2 Å². The molecule has 72 valence electrons. The van der Waals surface area contributed by atoms with Gasteiger partial charge in [0.1, 0.15) is 6.34 Å². The molecule has 0 saturated carbocycles. The Labute approximate surface area is 89.4 Å². The Morgan fingerprint density at radius 1 is 1.23 bits per heavy atom. The van der Waals surface area contributed by atoms with E-state index in [1.807, 2.05) is 24.3 Å². The number of benzene rings is 1. The number of halogens is 2. The summed E-state index contributed by atoms with van der Waals surface area (Å²) < 4.78 is 0. The average molecular weight is 220 g/mol. The Balaban J connectivity index is 0.000000720. The number of hydrogen-bond acceptors (Lipinski definition) is 3. The van der Waals surface area contributed by atoms with Crippen LogP contribution in [-0.4, -0.2) is 11.3 Å². The van der Waals surface area contributed by atoms with Crippen LogP contribution in [0.1, 0.15) is 5.56 Å². The summed E-state index contributed by atoms with van der Waals surface area (Å²) in [6.07, 6.45) is 1.64. The van der Waals surface area contributed by atoms with Crippen LogP contribution < -0.4 is 5.84 Å². The van der Waals surface area contributed by atoms with Gasteiger partial charge in [-0.2, -0.15) is 0 Å². The summed E-state index contributed by atoms with van der Waals surface area (Å²) in [6, 6.07) is 7.99. The van der Waals surface area contributed by atoms with Crippen LogP contribution in [0.2, 0.25) is 0 Å². The lowest BCUT2D eigenvalue weighted by molar-refractivity contribution is 0.442. The summed E-state index contributed by atoms with van der Waals surface area (Å²) in [5.74, 6) is 5.53. The van der Waals surface area contributed by atoms with E-state index in [0.29, 0.717) is 0 Å². The molecular formula is C8H11Cl2N3. The Bertz CT molecular complexity index is 301. The lowest BCUT2D eigenvalue weighted by Crippen LogP contribution is -2.30. The monoisotopic (exact) mass is 219 g/mol. The van der Waals surface area contributed by atoms with Crippen LogP contribution in [0.4, 0.5) is 5.69 Å². The van der Waals surface area contributed by atoms with Crippen LogP contribution >= 0.6 is 24.8 Å². The SMILES string of the molecule is Cl.Cl.NN1C=Nc2ccccc2C1. The molecule has 0 radical (unpaired) electrons. The molecule has 13 heavy (non-hydrogen) atoms. The first kappa shape index (κ1) is 12.2. The van der Waals surface area contributed by atoms with Crippen LogP contribution in [-0.2, 0) is 6.54 Å². The second-order valence-corrected chi connectivity index (χ2v) is 2.55. The second kappa shape index (κ2) is 5.07. The van der Waals surface area contributed by atoms with Crippen molar-refractivity contribution in [3.8, 4) is 0 Å². The van der Waals surface area contributed by atoms with E-state index >= 15 is 0 Å². The first-order chi connectivity index (χ1) is 5.36.